The number of carboxylic acids is 1. The van der Waals surface area contributed by atoms with Crippen LogP contribution in [0.2, 0.25) is 0 Å². The Morgan fingerprint density at radius 2 is 1.86 bits per heavy atom. The molecule has 0 aliphatic rings. The van der Waals surface area contributed by atoms with Gasteiger partial charge in [-0.05, 0) is 5.56 Å². The Hall–Kier alpha value is -1.84. The summed E-state index contributed by atoms with van der Waals surface area (Å²) in [6.45, 7) is 0. The molecule has 4 nitrogen and oxygen atoms in total. The number of carboxylic acid groups (broad SMARTS) is 1. The average Bonchev–Trinajstić information content (AvgIpc) is 2.15. The van der Waals surface area contributed by atoms with Crippen molar-refractivity contribution in [3.63, 3.8) is 0 Å². The molecule has 0 saturated carbocycles. The summed E-state index contributed by atoms with van der Waals surface area (Å²) in [5.74, 6) is -2.48. The van der Waals surface area contributed by atoms with E-state index in [4.69, 9.17) is 10.8 Å². The maximum absolute atomic E-state index is 10.8. The van der Waals surface area contributed by atoms with Gasteiger partial charge < -0.3 is 10.8 Å². The second kappa shape index (κ2) is 4.41. The summed E-state index contributed by atoms with van der Waals surface area (Å²) in [6, 6.07) is 8.58. The topological polar surface area (TPSA) is 80.4 Å². The fourth-order valence-corrected chi connectivity index (χ4v) is 1.23. The standard InChI is InChI=1S/C10H11NO3/c11-9(12)6-8(10(13)14)7-4-2-1-3-5-7/h1-5,8H,6H2,(H2,11,12)(H,13,14). The predicted octanol–water partition coefficient (Wildman–Crippen LogP) is 0.730. The van der Waals surface area contributed by atoms with Crippen LogP contribution in [-0.4, -0.2) is 17.0 Å². The van der Waals surface area contributed by atoms with Crippen LogP contribution in [0.1, 0.15) is 17.9 Å². The Morgan fingerprint density at radius 3 is 2.29 bits per heavy atom. The molecule has 4 heteroatoms. The number of rotatable bonds is 4. The van der Waals surface area contributed by atoms with E-state index in [1.54, 1.807) is 30.3 Å². The highest BCUT2D eigenvalue weighted by Gasteiger charge is 2.21. The fraction of sp³-hybridized carbons (Fsp3) is 0.200. The quantitative estimate of drug-likeness (QED) is 0.739. The Labute approximate surface area is 81.3 Å². The van der Waals surface area contributed by atoms with E-state index in [2.05, 4.69) is 0 Å². The summed E-state index contributed by atoms with van der Waals surface area (Å²) in [6.07, 6.45) is -0.167. The van der Waals surface area contributed by atoms with Crippen molar-refractivity contribution in [2.45, 2.75) is 12.3 Å². The molecular weight excluding hydrogens is 182 g/mol. The minimum Gasteiger partial charge on any atom is -0.481 e. The van der Waals surface area contributed by atoms with Crippen LogP contribution in [0.4, 0.5) is 0 Å². The summed E-state index contributed by atoms with van der Waals surface area (Å²) < 4.78 is 0. The number of nitrogens with two attached hydrogens (primary N) is 1. The van der Waals surface area contributed by atoms with Gasteiger partial charge in [-0.1, -0.05) is 30.3 Å². The molecule has 0 saturated heterocycles. The molecule has 0 spiro atoms. The van der Waals surface area contributed by atoms with Crippen molar-refractivity contribution < 1.29 is 14.7 Å². The molecule has 1 rings (SSSR count). The van der Waals surface area contributed by atoms with Crippen LogP contribution in [0.5, 0.6) is 0 Å². The molecule has 0 fully saturated rings. The smallest absolute Gasteiger partial charge is 0.311 e. The van der Waals surface area contributed by atoms with Crippen molar-refractivity contribution in [2.24, 2.45) is 5.73 Å². The number of aliphatic carboxylic acids is 1. The monoisotopic (exact) mass is 193 g/mol. The third-order valence-corrected chi connectivity index (χ3v) is 1.91. The zero-order chi connectivity index (χ0) is 10.6. The number of primary amides is 1. The number of benzene rings is 1. The number of hydrogen-bond acceptors (Lipinski definition) is 2. The van der Waals surface area contributed by atoms with Gasteiger partial charge in [-0.3, -0.25) is 9.59 Å². The lowest BCUT2D eigenvalue weighted by molar-refractivity contribution is -0.140. The lowest BCUT2D eigenvalue weighted by Crippen LogP contribution is -2.20. The van der Waals surface area contributed by atoms with E-state index in [0.29, 0.717) is 5.56 Å². The average molecular weight is 193 g/mol. The van der Waals surface area contributed by atoms with Crippen LogP contribution in [0.25, 0.3) is 0 Å². The van der Waals surface area contributed by atoms with Gasteiger partial charge in [-0.2, -0.15) is 0 Å². The molecule has 0 aliphatic heterocycles. The number of carbonyl (C=O) groups excluding carboxylic acids is 1. The third kappa shape index (κ3) is 2.58. The van der Waals surface area contributed by atoms with Gasteiger partial charge in [0.05, 0.1) is 5.92 Å². The molecule has 0 heterocycles. The van der Waals surface area contributed by atoms with E-state index in [1.807, 2.05) is 0 Å². The minimum absolute atomic E-state index is 0.167. The molecule has 1 aromatic rings. The van der Waals surface area contributed by atoms with E-state index >= 15 is 0 Å². The van der Waals surface area contributed by atoms with Crippen molar-refractivity contribution in [3.8, 4) is 0 Å². The molecule has 0 bridgehead atoms. The molecule has 14 heavy (non-hydrogen) atoms. The number of amides is 1. The van der Waals surface area contributed by atoms with Gasteiger partial charge in [0.2, 0.25) is 5.91 Å². The molecule has 0 radical (unpaired) electrons. The zero-order valence-electron chi connectivity index (χ0n) is 7.51. The Bertz CT molecular complexity index is 334. The summed E-state index contributed by atoms with van der Waals surface area (Å²) in [5, 5.41) is 8.87. The lowest BCUT2D eigenvalue weighted by Gasteiger charge is -2.09. The maximum Gasteiger partial charge on any atom is 0.311 e. The second-order valence-electron chi connectivity index (χ2n) is 2.97. The molecular formula is C10H11NO3. The van der Waals surface area contributed by atoms with Crippen molar-refractivity contribution in [3.05, 3.63) is 35.9 Å². The van der Waals surface area contributed by atoms with Crippen LogP contribution >= 0.6 is 0 Å². The number of carbonyl (C=O) groups is 2. The SMILES string of the molecule is NC(=O)CC(C(=O)O)c1ccccc1. The zero-order valence-corrected chi connectivity index (χ0v) is 7.51. The van der Waals surface area contributed by atoms with E-state index < -0.39 is 17.8 Å². The van der Waals surface area contributed by atoms with Gasteiger partial charge in [0, 0.05) is 6.42 Å². The van der Waals surface area contributed by atoms with Crippen LogP contribution in [0, 0.1) is 0 Å². The highest BCUT2D eigenvalue weighted by molar-refractivity contribution is 5.84. The summed E-state index contributed by atoms with van der Waals surface area (Å²) in [7, 11) is 0. The van der Waals surface area contributed by atoms with Crippen molar-refractivity contribution in [2.75, 3.05) is 0 Å². The molecule has 74 valence electrons. The third-order valence-electron chi connectivity index (χ3n) is 1.91. The summed E-state index contributed by atoms with van der Waals surface area (Å²) in [5.41, 5.74) is 5.56. The molecule has 1 unspecified atom stereocenters. The van der Waals surface area contributed by atoms with E-state index in [-0.39, 0.29) is 6.42 Å². The first kappa shape index (κ1) is 10.2. The van der Waals surface area contributed by atoms with E-state index in [0.717, 1.165) is 0 Å². The highest BCUT2D eigenvalue weighted by atomic mass is 16.4. The van der Waals surface area contributed by atoms with E-state index in [9.17, 15) is 9.59 Å². The van der Waals surface area contributed by atoms with Gasteiger partial charge in [0.1, 0.15) is 0 Å². The van der Waals surface area contributed by atoms with Gasteiger partial charge >= 0.3 is 5.97 Å². The number of hydrogen-bond donors (Lipinski definition) is 2. The normalized spacial score (nSPS) is 12.0. The van der Waals surface area contributed by atoms with Gasteiger partial charge in [0.15, 0.2) is 0 Å². The molecule has 3 N–H and O–H groups in total. The largest absolute Gasteiger partial charge is 0.481 e. The summed E-state index contributed by atoms with van der Waals surface area (Å²) in [4.78, 5) is 21.5. The molecule has 1 amide bonds. The van der Waals surface area contributed by atoms with Crippen LogP contribution in [0.15, 0.2) is 30.3 Å². The van der Waals surface area contributed by atoms with E-state index in [1.165, 1.54) is 0 Å². The molecule has 0 aliphatic carbocycles. The fourth-order valence-electron chi connectivity index (χ4n) is 1.23. The maximum atomic E-state index is 10.8. The Balaban J connectivity index is 2.89. The Kier molecular flexibility index (Phi) is 3.23. The van der Waals surface area contributed by atoms with Gasteiger partial charge in [-0.25, -0.2) is 0 Å². The predicted molar refractivity (Wildman–Crippen MR) is 50.6 cm³/mol. The van der Waals surface area contributed by atoms with Crippen LogP contribution < -0.4 is 5.73 Å². The lowest BCUT2D eigenvalue weighted by atomic mass is 9.96. The first-order chi connectivity index (χ1) is 6.61. The minimum atomic E-state index is -1.03. The van der Waals surface area contributed by atoms with Crippen molar-refractivity contribution >= 4 is 11.9 Å². The van der Waals surface area contributed by atoms with Crippen molar-refractivity contribution in [1.29, 1.82) is 0 Å². The van der Waals surface area contributed by atoms with Crippen LogP contribution in [-0.2, 0) is 9.59 Å². The first-order valence-electron chi connectivity index (χ1n) is 4.17. The highest BCUT2D eigenvalue weighted by Crippen LogP contribution is 2.18. The molecule has 1 atom stereocenters. The van der Waals surface area contributed by atoms with Crippen molar-refractivity contribution in [1.82, 2.24) is 0 Å². The molecule has 1 aromatic carbocycles. The van der Waals surface area contributed by atoms with Gasteiger partial charge in [-0.15, -0.1) is 0 Å². The summed E-state index contributed by atoms with van der Waals surface area (Å²) >= 11 is 0. The first-order valence-corrected chi connectivity index (χ1v) is 4.17. The second-order valence-corrected chi connectivity index (χ2v) is 2.97. The van der Waals surface area contributed by atoms with Gasteiger partial charge in [0.25, 0.3) is 0 Å². The Morgan fingerprint density at radius 1 is 1.29 bits per heavy atom. The molecule has 0 aromatic heterocycles. The van der Waals surface area contributed by atoms with Crippen LogP contribution in [0.3, 0.4) is 0 Å².